The molecule has 4 heteroatoms. The second-order valence-electron chi connectivity index (χ2n) is 2.97. The zero-order valence-electron chi connectivity index (χ0n) is 8.79. The SMILES string of the molecule is CC#CCCOc1ccc(F)cc1C(=O)O. The van der Waals surface area contributed by atoms with E-state index < -0.39 is 11.8 Å². The van der Waals surface area contributed by atoms with Crippen molar-refractivity contribution in [1.29, 1.82) is 0 Å². The lowest BCUT2D eigenvalue weighted by Crippen LogP contribution is -2.04. The Hall–Kier alpha value is -2.02. The number of carbonyl (C=O) groups is 1. The number of benzene rings is 1. The summed E-state index contributed by atoms with van der Waals surface area (Å²) < 4.78 is 18.0. The van der Waals surface area contributed by atoms with Crippen molar-refractivity contribution in [2.45, 2.75) is 13.3 Å². The molecule has 0 fully saturated rings. The minimum atomic E-state index is -1.21. The second kappa shape index (κ2) is 5.76. The van der Waals surface area contributed by atoms with Crippen molar-refractivity contribution in [2.24, 2.45) is 0 Å². The van der Waals surface area contributed by atoms with E-state index in [0.29, 0.717) is 6.42 Å². The Kier molecular flexibility index (Phi) is 4.34. The molecule has 1 aromatic rings. The standard InChI is InChI=1S/C12H11FO3/c1-2-3-4-7-16-11-6-5-9(13)8-10(11)12(14)15/h5-6,8H,4,7H2,1H3,(H,14,15). The lowest BCUT2D eigenvalue weighted by Gasteiger charge is -2.07. The summed E-state index contributed by atoms with van der Waals surface area (Å²) in [5, 5.41) is 8.82. The number of rotatable bonds is 4. The summed E-state index contributed by atoms with van der Waals surface area (Å²) in [7, 11) is 0. The molecule has 0 bridgehead atoms. The third-order valence-corrected chi connectivity index (χ3v) is 1.83. The topological polar surface area (TPSA) is 46.5 Å². The maximum absolute atomic E-state index is 12.8. The summed E-state index contributed by atoms with van der Waals surface area (Å²) in [5.74, 6) is 3.82. The molecule has 0 atom stereocenters. The number of halogens is 1. The third kappa shape index (κ3) is 3.28. The van der Waals surface area contributed by atoms with Crippen LogP contribution in [0.15, 0.2) is 18.2 Å². The van der Waals surface area contributed by atoms with Crippen LogP contribution in [0.1, 0.15) is 23.7 Å². The van der Waals surface area contributed by atoms with Crippen LogP contribution in [-0.4, -0.2) is 17.7 Å². The second-order valence-corrected chi connectivity index (χ2v) is 2.97. The monoisotopic (exact) mass is 222 g/mol. The first-order valence-electron chi connectivity index (χ1n) is 4.70. The Morgan fingerprint density at radius 1 is 1.56 bits per heavy atom. The molecule has 0 saturated carbocycles. The first-order valence-corrected chi connectivity index (χ1v) is 4.70. The van der Waals surface area contributed by atoms with Crippen molar-refractivity contribution < 1.29 is 19.0 Å². The molecule has 0 aliphatic heterocycles. The maximum Gasteiger partial charge on any atom is 0.339 e. The number of carboxylic acids is 1. The Morgan fingerprint density at radius 2 is 2.31 bits per heavy atom. The molecule has 0 unspecified atom stereocenters. The molecule has 16 heavy (non-hydrogen) atoms. The molecule has 1 aromatic carbocycles. The molecule has 0 aliphatic carbocycles. The quantitative estimate of drug-likeness (QED) is 0.628. The maximum atomic E-state index is 12.8. The van der Waals surface area contributed by atoms with Gasteiger partial charge in [-0.25, -0.2) is 9.18 Å². The highest BCUT2D eigenvalue weighted by Crippen LogP contribution is 2.19. The summed E-state index contributed by atoms with van der Waals surface area (Å²) in [5.41, 5.74) is -0.176. The van der Waals surface area contributed by atoms with Crippen LogP contribution < -0.4 is 4.74 Å². The van der Waals surface area contributed by atoms with E-state index in [0.717, 1.165) is 12.1 Å². The molecule has 3 nitrogen and oxygen atoms in total. The van der Waals surface area contributed by atoms with Gasteiger partial charge >= 0.3 is 5.97 Å². The van der Waals surface area contributed by atoms with Crippen LogP contribution in [0.5, 0.6) is 5.75 Å². The van der Waals surface area contributed by atoms with Crippen molar-refractivity contribution in [3.63, 3.8) is 0 Å². The van der Waals surface area contributed by atoms with E-state index in [1.54, 1.807) is 6.92 Å². The van der Waals surface area contributed by atoms with Gasteiger partial charge in [0, 0.05) is 6.42 Å². The number of hydrogen-bond acceptors (Lipinski definition) is 2. The fourth-order valence-corrected chi connectivity index (χ4v) is 1.13. The van der Waals surface area contributed by atoms with E-state index >= 15 is 0 Å². The van der Waals surface area contributed by atoms with Crippen LogP contribution in [0.2, 0.25) is 0 Å². The van der Waals surface area contributed by atoms with Gasteiger partial charge in [-0.1, -0.05) is 0 Å². The van der Waals surface area contributed by atoms with Gasteiger partial charge in [-0.15, -0.1) is 11.8 Å². The highest BCUT2D eigenvalue weighted by molar-refractivity contribution is 5.90. The van der Waals surface area contributed by atoms with E-state index in [9.17, 15) is 9.18 Å². The first-order chi connectivity index (χ1) is 7.65. The van der Waals surface area contributed by atoms with Crippen molar-refractivity contribution in [1.82, 2.24) is 0 Å². The van der Waals surface area contributed by atoms with Gasteiger partial charge in [-0.05, 0) is 25.1 Å². The van der Waals surface area contributed by atoms with E-state index in [1.807, 2.05) is 0 Å². The predicted molar refractivity (Wildman–Crippen MR) is 56.9 cm³/mol. The number of carboxylic acid groups (broad SMARTS) is 1. The highest BCUT2D eigenvalue weighted by atomic mass is 19.1. The zero-order valence-corrected chi connectivity index (χ0v) is 8.79. The summed E-state index contributed by atoms with van der Waals surface area (Å²) in [6.45, 7) is 1.99. The molecule has 1 rings (SSSR count). The predicted octanol–water partition coefficient (Wildman–Crippen LogP) is 2.32. The van der Waals surface area contributed by atoms with Crippen LogP contribution in [0.4, 0.5) is 4.39 Å². The molecule has 0 aliphatic rings. The Labute approximate surface area is 92.9 Å². The molecular weight excluding hydrogens is 211 g/mol. The molecule has 0 spiro atoms. The smallest absolute Gasteiger partial charge is 0.339 e. The van der Waals surface area contributed by atoms with Gasteiger partial charge < -0.3 is 9.84 Å². The fraction of sp³-hybridized carbons (Fsp3) is 0.250. The Bertz CT molecular complexity index is 443. The Balaban J connectivity index is 2.77. The normalized spacial score (nSPS) is 9.12. The molecule has 1 N–H and O–H groups in total. The van der Waals surface area contributed by atoms with Gasteiger partial charge in [-0.3, -0.25) is 0 Å². The van der Waals surface area contributed by atoms with Crippen molar-refractivity contribution in [3.8, 4) is 17.6 Å². The zero-order chi connectivity index (χ0) is 12.0. The van der Waals surface area contributed by atoms with Crippen LogP contribution in [0.25, 0.3) is 0 Å². The first kappa shape index (κ1) is 12.1. The molecule has 0 heterocycles. The van der Waals surface area contributed by atoms with Crippen LogP contribution >= 0.6 is 0 Å². The highest BCUT2D eigenvalue weighted by Gasteiger charge is 2.12. The molecule has 0 aromatic heterocycles. The lowest BCUT2D eigenvalue weighted by atomic mass is 10.2. The van der Waals surface area contributed by atoms with Gasteiger partial charge in [0.05, 0.1) is 6.61 Å². The average molecular weight is 222 g/mol. The van der Waals surface area contributed by atoms with Gasteiger partial charge in [0.2, 0.25) is 0 Å². The lowest BCUT2D eigenvalue weighted by molar-refractivity contribution is 0.0691. The molecule has 0 radical (unpaired) electrons. The number of hydrogen-bond donors (Lipinski definition) is 1. The van der Waals surface area contributed by atoms with Crippen molar-refractivity contribution >= 4 is 5.97 Å². The summed E-state index contributed by atoms with van der Waals surface area (Å²) in [4.78, 5) is 10.8. The van der Waals surface area contributed by atoms with Crippen LogP contribution in [0, 0.1) is 17.7 Å². The average Bonchev–Trinajstić information content (AvgIpc) is 2.26. The number of aromatic carboxylic acids is 1. The molecule has 0 amide bonds. The van der Waals surface area contributed by atoms with Gasteiger partial charge in [-0.2, -0.15) is 0 Å². The van der Waals surface area contributed by atoms with Gasteiger partial charge in [0.1, 0.15) is 17.1 Å². The van der Waals surface area contributed by atoms with Crippen molar-refractivity contribution in [3.05, 3.63) is 29.6 Å². The summed E-state index contributed by atoms with van der Waals surface area (Å²) >= 11 is 0. The summed E-state index contributed by atoms with van der Waals surface area (Å²) in [6, 6.07) is 3.40. The largest absolute Gasteiger partial charge is 0.492 e. The van der Waals surface area contributed by atoms with Crippen molar-refractivity contribution in [2.75, 3.05) is 6.61 Å². The van der Waals surface area contributed by atoms with E-state index in [2.05, 4.69) is 11.8 Å². The minimum Gasteiger partial charge on any atom is -0.492 e. The van der Waals surface area contributed by atoms with Gasteiger partial charge in [0.15, 0.2) is 0 Å². The van der Waals surface area contributed by atoms with E-state index in [4.69, 9.17) is 9.84 Å². The summed E-state index contributed by atoms with van der Waals surface area (Å²) in [6.07, 6.45) is 0.507. The number of ether oxygens (including phenoxy) is 1. The van der Waals surface area contributed by atoms with Crippen LogP contribution in [0.3, 0.4) is 0 Å². The van der Waals surface area contributed by atoms with Gasteiger partial charge in [0.25, 0.3) is 0 Å². The van der Waals surface area contributed by atoms with E-state index in [-0.39, 0.29) is 17.9 Å². The Morgan fingerprint density at radius 3 is 2.94 bits per heavy atom. The molecule has 0 saturated heterocycles. The third-order valence-electron chi connectivity index (χ3n) is 1.83. The van der Waals surface area contributed by atoms with Crippen LogP contribution in [-0.2, 0) is 0 Å². The molecule has 84 valence electrons. The van der Waals surface area contributed by atoms with E-state index in [1.165, 1.54) is 6.07 Å². The molecular formula is C12H11FO3. The fourth-order valence-electron chi connectivity index (χ4n) is 1.13. The minimum absolute atomic E-state index is 0.159.